The van der Waals surface area contributed by atoms with Gasteiger partial charge in [0.2, 0.25) is 10.0 Å². The highest BCUT2D eigenvalue weighted by Crippen LogP contribution is 2.26. The van der Waals surface area contributed by atoms with Gasteiger partial charge in [-0.1, -0.05) is 0 Å². The molecule has 0 spiro atoms. The van der Waals surface area contributed by atoms with E-state index in [1.807, 2.05) is 6.92 Å². The number of hydrogen-bond acceptors (Lipinski definition) is 5. The standard InChI is InChI=1S/C16H26N2O4S.ClH/c1-13-12-15(4-5-16(13)21-2)23(19,20)18-9-6-14(7-10-18)22-11-3-8-17;/h4-5,12,14H,3,6-11,17H2,1-2H3;1H. The summed E-state index contributed by atoms with van der Waals surface area (Å²) in [6.07, 6.45) is 2.41. The zero-order chi connectivity index (χ0) is 16.9. The molecule has 0 unspecified atom stereocenters. The summed E-state index contributed by atoms with van der Waals surface area (Å²) in [5.41, 5.74) is 6.26. The summed E-state index contributed by atoms with van der Waals surface area (Å²) in [6, 6.07) is 4.97. The van der Waals surface area contributed by atoms with E-state index >= 15 is 0 Å². The molecule has 1 aromatic rings. The summed E-state index contributed by atoms with van der Waals surface area (Å²) in [5, 5.41) is 0. The minimum absolute atomic E-state index is 0. The number of nitrogens with zero attached hydrogens (tertiary/aromatic N) is 1. The quantitative estimate of drug-likeness (QED) is 0.733. The maximum atomic E-state index is 12.7. The molecule has 0 aliphatic carbocycles. The lowest BCUT2D eigenvalue weighted by Gasteiger charge is -2.31. The van der Waals surface area contributed by atoms with E-state index in [0.29, 0.717) is 36.9 Å². The second kappa shape index (κ2) is 9.58. The topological polar surface area (TPSA) is 81.9 Å². The van der Waals surface area contributed by atoms with Crippen molar-refractivity contribution in [3.05, 3.63) is 23.8 Å². The lowest BCUT2D eigenvalue weighted by atomic mass is 10.1. The van der Waals surface area contributed by atoms with Gasteiger partial charge in [0.15, 0.2) is 0 Å². The highest BCUT2D eigenvalue weighted by molar-refractivity contribution is 7.89. The number of aryl methyl sites for hydroxylation is 1. The van der Waals surface area contributed by atoms with Gasteiger partial charge in [-0.3, -0.25) is 0 Å². The average Bonchev–Trinajstić information content (AvgIpc) is 2.55. The fourth-order valence-electron chi connectivity index (χ4n) is 2.73. The van der Waals surface area contributed by atoms with Crippen LogP contribution in [-0.4, -0.2) is 52.2 Å². The van der Waals surface area contributed by atoms with Crippen molar-refractivity contribution in [1.82, 2.24) is 4.31 Å². The van der Waals surface area contributed by atoms with Crippen LogP contribution in [0.4, 0.5) is 0 Å². The highest BCUT2D eigenvalue weighted by atomic mass is 35.5. The summed E-state index contributed by atoms with van der Waals surface area (Å²) in [6.45, 7) is 4.08. The van der Waals surface area contributed by atoms with Crippen LogP contribution in [-0.2, 0) is 14.8 Å². The lowest BCUT2D eigenvalue weighted by molar-refractivity contribution is 0.0209. The first-order valence-corrected chi connectivity index (χ1v) is 9.39. The Morgan fingerprint density at radius 2 is 1.96 bits per heavy atom. The number of rotatable bonds is 7. The van der Waals surface area contributed by atoms with Crippen molar-refractivity contribution < 1.29 is 17.9 Å². The number of piperidine rings is 1. The van der Waals surface area contributed by atoms with Crippen molar-refractivity contribution in [2.24, 2.45) is 5.73 Å². The number of benzene rings is 1. The van der Waals surface area contributed by atoms with Crippen LogP contribution >= 0.6 is 12.4 Å². The van der Waals surface area contributed by atoms with E-state index in [-0.39, 0.29) is 18.5 Å². The molecule has 1 aromatic carbocycles. The normalized spacial score (nSPS) is 16.6. The van der Waals surface area contributed by atoms with Gasteiger partial charge in [-0.15, -0.1) is 12.4 Å². The fourth-order valence-corrected chi connectivity index (χ4v) is 4.29. The van der Waals surface area contributed by atoms with Gasteiger partial charge in [-0.05, 0) is 56.5 Å². The van der Waals surface area contributed by atoms with Crippen LogP contribution < -0.4 is 10.5 Å². The monoisotopic (exact) mass is 378 g/mol. The largest absolute Gasteiger partial charge is 0.496 e. The maximum Gasteiger partial charge on any atom is 0.243 e. The number of ether oxygens (including phenoxy) is 2. The number of halogens is 1. The summed E-state index contributed by atoms with van der Waals surface area (Å²) in [4.78, 5) is 0.318. The third kappa shape index (κ3) is 5.07. The Labute approximate surface area is 150 Å². The van der Waals surface area contributed by atoms with Crippen molar-refractivity contribution in [2.75, 3.05) is 33.4 Å². The molecule has 1 aliphatic rings. The molecule has 6 nitrogen and oxygen atoms in total. The molecule has 1 heterocycles. The molecule has 0 bridgehead atoms. The van der Waals surface area contributed by atoms with Crippen LogP contribution in [0.25, 0.3) is 0 Å². The van der Waals surface area contributed by atoms with Crippen LogP contribution in [0.5, 0.6) is 5.75 Å². The van der Waals surface area contributed by atoms with Crippen molar-refractivity contribution in [3.8, 4) is 5.75 Å². The fraction of sp³-hybridized carbons (Fsp3) is 0.625. The van der Waals surface area contributed by atoms with Gasteiger partial charge in [-0.2, -0.15) is 4.31 Å². The predicted octanol–water partition coefficient (Wildman–Crippen LogP) is 1.94. The predicted molar refractivity (Wildman–Crippen MR) is 96.4 cm³/mol. The first-order chi connectivity index (χ1) is 11.0. The summed E-state index contributed by atoms with van der Waals surface area (Å²) >= 11 is 0. The molecule has 2 N–H and O–H groups in total. The molecule has 8 heteroatoms. The van der Waals surface area contributed by atoms with Gasteiger partial charge in [0.05, 0.1) is 18.1 Å². The highest BCUT2D eigenvalue weighted by Gasteiger charge is 2.29. The number of methoxy groups -OCH3 is 1. The zero-order valence-electron chi connectivity index (χ0n) is 14.2. The molecule has 138 valence electrons. The Balaban J connectivity index is 0.00000288. The van der Waals surface area contributed by atoms with Gasteiger partial charge in [0.1, 0.15) is 5.75 Å². The van der Waals surface area contributed by atoms with Crippen molar-refractivity contribution in [2.45, 2.75) is 37.2 Å². The third-order valence-electron chi connectivity index (χ3n) is 4.11. The minimum Gasteiger partial charge on any atom is -0.496 e. The van der Waals surface area contributed by atoms with Gasteiger partial charge >= 0.3 is 0 Å². The summed E-state index contributed by atoms with van der Waals surface area (Å²) in [7, 11) is -1.88. The lowest BCUT2D eigenvalue weighted by Crippen LogP contribution is -2.41. The van der Waals surface area contributed by atoms with E-state index in [9.17, 15) is 8.42 Å². The molecule has 0 aromatic heterocycles. The Morgan fingerprint density at radius 3 is 2.50 bits per heavy atom. The molecule has 24 heavy (non-hydrogen) atoms. The number of nitrogens with two attached hydrogens (primary N) is 1. The first kappa shape index (κ1) is 21.2. The third-order valence-corrected chi connectivity index (χ3v) is 6.00. The molecule has 1 fully saturated rings. The van der Waals surface area contributed by atoms with E-state index in [1.165, 1.54) is 4.31 Å². The molecule has 0 radical (unpaired) electrons. The molecule has 1 saturated heterocycles. The van der Waals surface area contributed by atoms with Crippen molar-refractivity contribution in [3.63, 3.8) is 0 Å². The number of hydrogen-bond donors (Lipinski definition) is 1. The van der Waals surface area contributed by atoms with Gasteiger partial charge < -0.3 is 15.2 Å². The summed E-state index contributed by atoms with van der Waals surface area (Å²) in [5.74, 6) is 0.691. The minimum atomic E-state index is -3.46. The Kier molecular flexibility index (Phi) is 8.45. The van der Waals surface area contributed by atoms with E-state index < -0.39 is 10.0 Å². The summed E-state index contributed by atoms with van der Waals surface area (Å²) < 4.78 is 37.9. The zero-order valence-corrected chi connectivity index (χ0v) is 15.9. The molecule has 0 amide bonds. The van der Waals surface area contributed by atoms with Gasteiger partial charge in [0.25, 0.3) is 0 Å². The average molecular weight is 379 g/mol. The Morgan fingerprint density at radius 1 is 1.29 bits per heavy atom. The first-order valence-electron chi connectivity index (χ1n) is 7.95. The van der Waals surface area contributed by atoms with E-state index in [4.69, 9.17) is 15.2 Å². The molecule has 2 rings (SSSR count). The van der Waals surface area contributed by atoms with E-state index in [2.05, 4.69) is 0 Å². The second-order valence-corrected chi connectivity index (χ2v) is 7.69. The number of sulfonamides is 1. The Hall–Kier alpha value is -0.860. The molecule has 0 atom stereocenters. The van der Waals surface area contributed by atoms with Crippen LogP contribution in [0.3, 0.4) is 0 Å². The maximum absolute atomic E-state index is 12.7. The van der Waals surface area contributed by atoms with Crippen LogP contribution in [0, 0.1) is 6.92 Å². The molecular weight excluding hydrogens is 352 g/mol. The van der Waals surface area contributed by atoms with Crippen molar-refractivity contribution >= 4 is 22.4 Å². The van der Waals surface area contributed by atoms with E-state index in [0.717, 1.165) is 24.8 Å². The van der Waals surface area contributed by atoms with Gasteiger partial charge in [0, 0.05) is 19.7 Å². The van der Waals surface area contributed by atoms with Crippen molar-refractivity contribution in [1.29, 1.82) is 0 Å². The van der Waals surface area contributed by atoms with Crippen LogP contribution in [0.1, 0.15) is 24.8 Å². The smallest absolute Gasteiger partial charge is 0.243 e. The SMILES string of the molecule is COc1ccc(S(=O)(=O)N2CCC(OCCCN)CC2)cc1C.Cl. The second-order valence-electron chi connectivity index (χ2n) is 5.75. The van der Waals surface area contributed by atoms with Gasteiger partial charge in [-0.25, -0.2) is 8.42 Å². The Bertz CT molecular complexity index is 617. The van der Waals surface area contributed by atoms with Crippen LogP contribution in [0.2, 0.25) is 0 Å². The molecular formula is C16H27ClN2O4S. The molecule has 0 saturated carbocycles. The van der Waals surface area contributed by atoms with E-state index in [1.54, 1.807) is 25.3 Å². The van der Waals surface area contributed by atoms with Crippen LogP contribution in [0.15, 0.2) is 23.1 Å². The molecule has 1 aliphatic heterocycles.